The number of fused-ring (bicyclic) bond motifs is 1. The molecule has 20 heavy (non-hydrogen) atoms. The molecule has 0 saturated carbocycles. The number of hydrogen-bond donors (Lipinski definition) is 0. The molecule has 0 spiro atoms. The number of benzene rings is 2. The van der Waals surface area contributed by atoms with E-state index >= 15 is 0 Å². The van der Waals surface area contributed by atoms with E-state index in [4.69, 9.17) is 9.15 Å². The van der Waals surface area contributed by atoms with Gasteiger partial charge in [-0.1, -0.05) is 12.1 Å². The first-order valence-electron chi connectivity index (χ1n) is 5.93. The maximum Gasteiger partial charge on any atom is 0.347 e. The van der Waals surface area contributed by atoms with Crippen LogP contribution in [0.15, 0.2) is 51.7 Å². The molecule has 0 unspecified atom stereocenters. The lowest BCUT2D eigenvalue weighted by Gasteiger charge is -2.04. The first kappa shape index (κ1) is 12.3. The summed E-state index contributed by atoms with van der Waals surface area (Å²) < 4.78 is 23.9. The van der Waals surface area contributed by atoms with Gasteiger partial charge in [-0.05, 0) is 24.3 Å². The fourth-order valence-electron chi connectivity index (χ4n) is 1.93. The van der Waals surface area contributed by atoms with Gasteiger partial charge in [0.2, 0.25) is 5.89 Å². The van der Waals surface area contributed by atoms with Crippen LogP contribution in [0, 0.1) is 5.82 Å². The molecule has 0 bridgehead atoms. The average molecular weight is 271 g/mol. The molecule has 0 aliphatic carbocycles. The Hall–Kier alpha value is -2.69. The molecule has 0 amide bonds. The minimum absolute atomic E-state index is 0.0474. The molecule has 2 aromatic carbocycles. The van der Waals surface area contributed by atoms with Gasteiger partial charge < -0.3 is 9.15 Å². The predicted molar refractivity (Wildman–Crippen MR) is 72.2 cm³/mol. The Morgan fingerprint density at radius 3 is 2.75 bits per heavy atom. The summed E-state index contributed by atoms with van der Waals surface area (Å²) in [4.78, 5) is 16.1. The molecule has 1 heterocycles. The van der Waals surface area contributed by atoms with Crippen LogP contribution in [-0.2, 0) is 0 Å². The largest absolute Gasteiger partial charge is 0.497 e. The van der Waals surface area contributed by atoms with E-state index < -0.39 is 11.4 Å². The Bertz CT molecular complexity index is 842. The Balaban J connectivity index is 2.28. The molecule has 4 nitrogen and oxygen atoms in total. The minimum atomic E-state index is -0.559. The minimum Gasteiger partial charge on any atom is -0.497 e. The summed E-state index contributed by atoms with van der Waals surface area (Å²) >= 11 is 0. The molecule has 0 aliphatic rings. The van der Waals surface area contributed by atoms with Crippen LogP contribution in [-0.4, -0.2) is 12.1 Å². The van der Waals surface area contributed by atoms with Gasteiger partial charge in [-0.15, -0.1) is 0 Å². The van der Waals surface area contributed by atoms with Crippen LogP contribution in [0.25, 0.3) is 22.4 Å². The Kier molecular flexibility index (Phi) is 2.95. The summed E-state index contributed by atoms with van der Waals surface area (Å²) in [5, 5.41) is 0.325. The Labute approximate surface area is 113 Å². The van der Waals surface area contributed by atoms with Gasteiger partial charge in [0.1, 0.15) is 11.6 Å². The smallest absolute Gasteiger partial charge is 0.347 e. The monoisotopic (exact) mass is 271 g/mol. The average Bonchev–Trinajstić information content (AvgIpc) is 2.47. The van der Waals surface area contributed by atoms with Gasteiger partial charge in [0.05, 0.1) is 23.6 Å². The third-order valence-corrected chi connectivity index (χ3v) is 2.94. The van der Waals surface area contributed by atoms with Crippen LogP contribution in [0.2, 0.25) is 0 Å². The molecular weight excluding hydrogens is 261 g/mol. The van der Waals surface area contributed by atoms with E-state index in [9.17, 15) is 9.18 Å². The normalized spacial score (nSPS) is 10.7. The standard InChI is InChI=1S/C15H10FNO3/c1-19-9-6-7-11-13(8-9)17-14(20-15(11)18)10-4-2-3-5-12(10)16/h2-8H,1H3. The van der Waals surface area contributed by atoms with Gasteiger partial charge in [0.15, 0.2) is 0 Å². The Morgan fingerprint density at radius 1 is 1.20 bits per heavy atom. The van der Waals surface area contributed by atoms with Crippen LogP contribution < -0.4 is 10.4 Å². The van der Waals surface area contributed by atoms with E-state index in [0.717, 1.165) is 0 Å². The zero-order valence-electron chi connectivity index (χ0n) is 10.6. The number of rotatable bonds is 2. The highest BCUT2D eigenvalue weighted by molar-refractivity contribution is 5.80. The third-order valence-electron chi connectivity index (χ3n) is 2.94. The zero-order valence-corrected chi connectivity index (χ0v) is 10.6. The molecule has 0 fully saturated rings. The molecular formula is C15H10FNO3. The second-order valence-corrected chi connectivity index (χ2v) is 4.17. The van der Waals surface area contributed by atoms with Gasteiger partial charge in [-0.3, -0.25) is 0 Å². The number of nitrogens with zero attached hydrogens (tertiary/aromatic N) is 1. The quantitative estimate of drug-likeness (QED) is 0.719. The van der Waals surface area contributed by atoms with Crippen molar-refractivity contribution in [1.29, 1.82) is 0 Å². The number of hydrogen-bond acceptors (Lipinski definition) is 4. The fraction of sp³-hybridized carbons (Fsp3) is 0.0667. The number of aromatic nitrogens is 1. The lowest BCUT2D eigenvalue weighted by atomic mass is 10.2. The van der Waals surface area contributed by atoms with Crippen molar-refractivity contribution in [1.82, 2.24) is 4.98 Å². The third kappa shape index (κ3) is 2.03. The van der Waals surface area contributed by atoms with E-state index in [2.05, 4.69) is 4.98 Å². The summed E-state index contributed by atoms with van der Waals surface area (Å²) in [5.74, 6) is 0.0225. The maximum atomic E-state index is 13.7. The molecule has 0 radical (unpaired) electrons. The molecule has 3 aromatic rings. The molecule has 0 saturated heterocycles. The van der Waals surface area contributed by atoms with Crippen LogP contribution in [0.5, 0.6) is 5.75 Å². The van der Waals surface area contributed by atoms with Gasteiger partial charge in [-0.25, -0.2) is 14.2 Å². The van der Waals surface area contributed by atoms with Crippen molar-refractivity contribution >= 4 is 10.9 Å². The van der Waals surface area contributed by atoms with Crippen molar-refractivity contribution in [2.24, 2.45) is 0 Å². The van der Waals surface area contributed by atoms with Crippen LogP contribution in [0.1, 0.15) is 0 Å². The van der Waals surface area contributed by atoms with Gasteiger partial charge in [0.25, 0.3) is 0 Å². The van der Waals surface area contributed by atoms with E-state index in [1.54, 1.807) is 30.3 Å². The van der Waals surface area contributed by atoms with Crippen molar-refractivity contribution in [3.8, 4) is 17.2 Å². The predicted octanol–water partition coefficient (Wildman–Crippen LogP) is 3.00. The number of ether oxygens (including phenoxy) is 1. The summed E-state index contributed by atoms with van der Waals surface area (Å²) in [6.45, 7) is 0. The number of halogens is 1. The summed E-state index contributed by atoms with van der Waals surface area (Å²) in [6.07, 6.45) is 0. The van der Waals surface area contributed by atoms with E-state index in [0.29, 0.717) is 16.7 Å². The zero-order chi connectivity index (χ0) is 14.1. The topological polar surface area (TPSA) is 52.3 Å². The SMILES string of the molecule is COc1ccc2c(=O)oc(-c3ccccc3F)nc2c1. The van der Waals surface area contributed by atoms with Crippen LogP contribution in [0.3, 0.4) is 0 Å². The maximum absolute atomic E-state index is 13.7. The van der Waals surface area contributed by atoms with Crippen molar-refractivity contribution in [3.05, 3.63) is 58.7 Å². The molecule has 5 heteroatoms. The Morgan fingerprint density at radius 2 is 2.00 bits per heavy atom. The highest BCUT2D eigenvalue weighted by Crippen LogP contribution is 2.23. The van der Waals surface area contributed by atoms with Gasteiger partial charge >= 0.3 is 5.63 Å². The lowest BCUT2D eigenvalue weighted by molar-refractivity contribution is 0.415. The van der Waals surface area contributed by atoms with Crippen molar-refractivity contribution in [3.63, 3.8) is 0 Å². The molecule has 0 aliphatic heterocycles. The highest BCUT2D eigenvalue weighted by atomic mass is 19.1. The highest BCUT2D eigenvalue weighted by Gasteiger charge is 2.12. The van der Waals surface area contributed by atoms with E-state index in [-0.39, 0.29) is 11.5 Å². The summed E-state index contributed by atoms with van der Waals surface area (Å²) in [6, 6.07) is 10.8. The van der Waals surface area contributed by atoms with Crippen molar-refractivity contribution in [2.45, 2.75) is 0 Å². The molecule has 100 valence electrons. The second-order valence-electron chi connectivity index (χ2n) is 4.17. The fourth-order valence-corrected chi connectivity index (χ4v) is 1.93. The van der Waals surface area contributed by atoms with Gasteiger partial charge in [-0.2, -0.15) is 0 Å². The molecule has 0 N–H and O–H groups in total. The van der Waals surface area contributed by atoms with E-state index in [1.807, 2.05) is 0 Å². The first-order chi connectivity index (χ1) is 9.69. The summed E-state index contributed by atoms with van der Waals surface area (Å²) in [5.41, 5.74) is -0.0101. The van der Waals surface area contributed by atoms with E-state index in [1.165, 1.54) is 19.2 Å². The van der Waals surface area contributed by atoms with Gasteiger partial charge in [0, 0.05) is 6.07 Å². The molecule has 1 aromatic heterocycles. The molecule has 3 rings (SSSR count). The van der Waals surface area contributed by atoms with Crippen LogP contribution >= 0.6 is 0 Å². The summed E-state index contributed by atoms with van der Waals surface area (Å²) in [7, 11) is 1.52. The second kappa shape index (κ2) is 4.77. The molecule has 0 atom stereocenters. The number of methoxy groups -OCH3 is 1. The van der Waals surface area contributed by atoms with Crippen LogP contribution in [0.4, 0.5) is 4.39 Å². The van der Waals surface area contributed by atoms with Crippen molar-refractivity contribution in [2.75, 3.05) is 7.11 Å². The van der Waals surface area contributed by atoms with Crippen molar-refractivity contribution < 1.29 is 13.5 Å². The first-order valence-corrected chi connectivity index (χ1v) is 5.93. The lowest BCUT2D eigenvalue weighted by Crippen LogP contribution is -2.03.